The fourth-order valence-corrected chi connectivity index (χ4v) is 4.05. The molecule has 0 spiro atoms. The predicted octanol–water partition coefficient (Wildman–Crippen LogP) is 1.69. The van der Waals surface area contributed by atoms with Crippen LogP contribution >= 0.6 is 0 Å². The molecule has 1 atom stereocenters. The highest BCUT2D eigenvalue weighted by molar-refractivity contribution is 5.97. The fraction of sp³-hybridized carbons (Fsp3) is 0.179. The molecule has 1 aromatic heterocycles. The number of carbonyl (C=O) groups excluding carboxylic acids is 2. The number of aromatic nitrogens is 2. The molecule has 40 heavy (non-hydrogen) atoms. The van der Waals surface area contributed by atoms with E-state index in [2.05, 4.69) is 25.9 Å². The molecular formula is C28H26N6O6. The van der Waals surface area contributed by atoms with E-state index in [0.29, 0.717) is 11.1 Å². The Morgan fingerprint density at radius 2 is 1.60 bits per heavy atom. The number of hydrogen-bond donors (Lipinski definition) is 5. The van der Waals surface area contributed by atoms with Crippen LogP contribution in [0.2, 0.25) is 0 Å². The van der Waals surface area contributed by atoms with Crippen LogP contribution in [0.4, 0.5) is 11.4 Å². The van der Waals surface area contributed by atoms with Crippen molar-refractivity contribution in [2.75, 3.05) is 11.1 Å². The number of nitrogen functional groups attached to an aromatic ring is 1. The molecule has 0 unspecified atom stereocenters. The number of carbonyl (C=O) groups is 3. The van der Waals surface area contributed by atoms with Gasteiger partial charge in [0, 0.05) is 19.2 Å². The van der Waals surface area contributed by atoms with Gasteiger partial charge in [-0.15, -0.1) is 0 Å². The summed E-state index contributed by atoms with van der Waals surface area (Å²) in [5, 5.41) is 17.6. The largest absolute Gasteiger partial charge is 0.478 e. The Kier molecular flexibility index (Phi) is 7.99. The van der Waals surface area contributed by atoms with Gasteiger partial charge in [0.2, 0.25) is 0 Å². The third-order valence-electron chi connectivity index (χ3n) is 6.32. The summed E-state index contributed by atoms with van der Waals surface area (Å²) in [7, 11) is 0. The first-order chi connectivity index (χ1) is 19.0. The Hall–Kier alpha value is -5.39. The highest BCUT2D eigenvalue weighted by Gasteiger charge is 2.18. The minimum atomic E-state index is -1.03. The lowest BCUT2D eigenvalue weighted by molar-refractivity contribution is 0.0695. The van der Waals surface area contributed by atoms with Crippen LogP contribution in [0.25, 0.3) is 0 Å². The van der Waals surface area contributed by atoms with Gasteiger partial charge in [0.05, 0.1) is 11.6 Å². The maximum atomic E-state index is 12.8. The normalized spacial score (nSPS) is 11.6. The van der Waals surface area contributed by atoms with E-state index in [-0.39, 0.29) is 41.4 Å². The van der Waals surface area contributed by atoms with Gasteiger partial charge in [-0.2, -0.15) is 0 Å². The third-order valence-corrected chi connectivity index (χ3v) is 6.32. The maximum Gasteiger partial charge on any atom is 0.335 e. The van der Waals surface area contributed by atoms with E-state index in [1.165, 1.54) is 12.1 Å². The average Bonchev–Trinajstić information content (AvgIpc) is 2.95. The van der Waals surface area contributed by atoms with Gasteiger partial charge < -0.3 is 26.8 Å². The lowest BCUT2D eigenvalue weighted by Crippen LogP contribution is -2.36. The van der Waals surface area contributed by atoms with Crippen LogP contribution in [0.15, 0.2) is 64.4 Å². The predicted molar refractivity (Wildman–Crippen MR) is 147 cm³/mol. The van der Waals surface area contributed by atoms with Gasteiger partial charge in [-0.3, -0.25) is 19.2 Å². The molecule has 0 fully saturated rings. The van der Waals surface area contributed by atoms with Crippen LogP contribution in [-0.2, 0) is 13.1 Å². The van der Waals surface area contributed by atoms with Crippen LogP contribution < -0.4 is 32.5 Å². The molecule has 2 amide bonds. The molecule has 1 heterocycles. The first kappa shape index (κ1) is 27.6. The topological polar surface area (TPSA) is 193 Å². The molecule has 0 aliphatic carbocycles. The van der Waals surface area contributed by atoms with Crippen molar-refractivity contribution in [3.05, 3.63) is 115 Å². The van der Waals surface area contributed by atoms with Crippen molar-refractivity contribution < 1.29 is 19.5 Å². The zero-order chi connectivity index (χ0) is 29.0. The second-order valence-electron chi connectivity index (χ2n) is 9.17. The summed E-state index contributed by atoms with van der Waals surface area (Å²) in [6.45, 7) is 3.87. The molecule has 204 valence electrons. The Balaban J connectivity index is 1.35. The lowest BCUT2D eigenvalue weighted by Gasteiger charge is -2.15. The Bertz CT molecular complexity index is 1690. The minimum Gasteiger partial charge on any atom is -0.478 e. The SMILES string of the molecule is Cc1cc([C@H](C)NC(=O)c2cc(C(=O)NCc3cccc(CNc4c(N)c(=O)c4=O)c3)ncn2)ccc1C(=O)O. The van der Waals surface area contributed by atoms with Crippen molar-refractivity contribution in [1.82, 2.24) is 20.6 Å². The van der Waals surface area contributed by atoms with E-state index < -0.39 is 34.7 Å². The summed E-state index contributed by atoms with van der Waals surface area (Å²) < 4.78 is 0. The van der Waals surface area contributed by atoms with Crippen molar-refractivity contribution in [3.8, 4) is 0 Å². The number of carboxylic acids is 1. The van der Waals surface area contributed by atoms with Gasteiger partial charge in [0.25, 0.3) is 22.7 Å². The van der Waals surface area contributed by atoms with Crippen molar-refractivity contribution in [2.24, 2.45) is 0 Å². The number of anilines is 2. The van der Waals surface area contributed by atoms with Crippen LogP contribution in [0.1, 0.15) is 66.6 Å². The average molecular weight is 543 g/mol. The van der Waals surface area contributed by atoms with Gasteiger partial charge in [0.1, 0.15) is 29.1 Å². The summed E-state index contributed by atoms with van der Waals surface area (Å²) in [6.07, 6.45) is 1.12. The van der Waals surface area contributed by atoms with Gasteiger partial charge in [-0.1, -0.05) is 36.4 Å². The highest BCUT2D eigenvalue weighted by atomic mass is 16.4. The van der Waals surface area contributed by atoms with Crippen LogP contribution in [-0.4, -0.2) is 32.9 Å². The summed E-state index contributed by atoms with van der Waals surface area (Å²) in [5.74, 6) is -2.06. The monoisotopic (exact) mass is 542 g/mol. The number of benzene rings is 2. The molecule has 4 rings (SSSR count). The number of nitrogens with zero attached hydrogens (tertiary/aromatic N) is 2. The quantitative estimate of drug-likeness (QED) is 0.184. The fourth-order valence-electron chi connectivity index (χ4n) is 4.05. The second-order valence-corrected chi connectivity index (χ2v) is 9.17. The molecule has 12 nitrogen and oxygen atoms in total. The highest BCUT2D eigenvalue weighted by Crippen LogP contribution is 2.18. The molecule has 0 aliphatic heterocycles. The van der Waals surface area contributed by atoms with E-state index in [1.54, 1.807) is 38.1 Å². The maximum absolute atomic E-state index is 12.8. The summed E-state index contributed by atoms with van der Waals surface area (Å²) in [5.41, 5.74) is 7.27. The zero-order valence-electron chi connectivity index (χ0n) is 21.6. The molecule has 3 aromatic carbocycles. The van der Waals surface area contributed by atoms with E-state index in [9.17, 15) is 29.1 Å². The van der Waals surface area contributed by atoms with Gasteiger partial charge in [0.15, 0.2) is 0 Å². The number of aryl methyl sites for hydroxylation is 1. The van der Waals surface area contributed by atoms with Crippen molar-refractivity contribution >= 4 is 29.2 Å². The van der Waals surface area contributed by atoms with Crippen LogP contribution in [0.3, 0.4) is 0 Å². The molecule has 0 aliphatic rings. The molecule has 12 heteroatoms. The first-order valence-electron chi connectivity index (χ1n) is 12.2. The van der Waals surface area contributed by atoms with E-state index in [0.717, 1.165) is 17.5 Å². The smallest absolute Gasteiger partial charge is 0.335 e. The molecule has 0 radical (unpaired) electrons. The lowest BCUT2D eigenvalue weighted by atomic mass is 10.0. The molecule has 0 saturated carbocycles. The summed E-state index contributed by atoms with van der Waals surface area (Å²) in [4.78, 5) is 67.5. The number of nitrogens with one attached hydrogen (secondary N) is 3. The van der Waals surface area contributed by atoms with E-state index in [1.807, 2.05) is 12.1 Å². The van der Waals surface area contributed by atoms with E-state index in [4.69, 9.17) is 5.73 Å². The van der Waals surface area contributed by atoms with E-state index >= 15 is 0 Å². The minimum absolute atomic E-state index is 0.00264. The number of hydrogen-bond acceptors (Lipinski definition) is 9. The zero-order valence-corrected chi connectivity index (χ0v) is 21.6. The number of nitrogens with two attached hydrogens (primary N) is 1. The van der Waals surface area contributed by atoms with Crippen molar-refractivity contribution in [1.29, 1.82) is 0 Å². The molecule has 0 bridgehead atoms. The van der Waals surface area contributed by atoms with Crippen LogP contribution in [0.5, 0.6) is 0 Å². The van der Waals surface area contributed by atoms with Gasteiger partial charge in [-0.05, 0) is 42.2 Å². The van der Waals surface area contributed by atoms with Gasteiger partial charge in [-0.25, -0.2) is 14.8 Å². The third kappa shape index (κ3) is 6.01. The second kappa shape index (κ2) is 11.6. The Morgan fingerprint density at radius 1 is 0.925 bits per heavy atom. The number of amides is 2. The number of carboxylic acid groups (broad SMARTS) is 1. The number of rotatable bonds is 10. The number of aromatic carboxylic acids is 1. The van der Waals surface area contributed by atoms with Crippen LogP contribution in [0, 0.1) is 6.92 Å². The molecular weight excluding hydrogens is 516 g/mol. The van der Waals surface area contributed by atoms with Crippen molar-refractivity contribution in [2.45, 2.75) is 33.0 Å². The molecule has 4 aromatic rings. The molecule has 6 N–H and O–H groups in total. The summed E-state index contributed by atoms with van der Waals surface area (Å²) >= 11 is 0. The molecule has 0 saturated heterocycles. The first-order valence-corrected chi connectivity index (χ1v) is 12.2. The Labute approximate surface area is 228 Å². The van der Waals surface area contributed by atoms with Crippen molar-refractivity contribution in [3.63, 3.8) is 0 Å². The Morgan fingerprint density at radius 3 is 2.25 bits per heavy atom. The summed E-state index contributed by atoms with van der Waals surface area (Å²) in [6, 6.07) is 12.9. The van der Waals surface area contributed by atoms with Gasteiger partial charge >= 0.3 is 5.97 Å². The standard InChI is InChI=1S/C28H26N6O6/c1-14-8-18(6-7-19(14)28(39)40)15(2)34-27(38)21-10-20(32-13-33-21)26(37)31-12-17-5-3-4-16(9-17)11-30-23-22(29)24(35)25(23)36/h3-10,13,15,30H,11-12,29H2,1-2H3,(H,31,37)(H,34,38)(H,39,40)/t15-/m0/s1.